The number of carbonyl (C=O) groups excluding carboxylic acids is 2. The van der Waals surface area contributed by atoms with Crippen molar-refractivity contribution in [3.05, 3.63) is 16.5 Å². The van der Waals surface area contributed by atoms with Crippen molar-refractivity contribution < 1.29 is 24.2 Å². The van der Waals surface area contributed by atoms with Gasteiger partial charge in [-0.1, -0.05) is 0 Å². The summed E-state index contributed by atoms with van der Waals surface area (Å²) >= 11 is 1.30. The number of aryl methyl sites for hydroxylation is 1. The number of aliphatic hydroxyl groups excluding tert-OH is 1. The van der Waals surface area contributed by atoms with Gasteiger partial charge in [0.1, 0.15) is 5.00 Å². The van der Waals surface area contributed by atoms with Crippen LogP contribution in [0.3, 0.4) is 0 Å². The van der Waals surface area contributed by atoms with Crippen LogP contribution in [-0.2, 0) is 9.47 Å². The number of rotatable bonds is 8. The molecule has 2 amide bonds. The van der Waals surface area contributed by atoms with Gasteiger partial charge in [-0.15, -0.1) is 11.3 Å². The lowest BCUT2D eigenvalue weighted by Gasteiger charge is -2.36. The zero-order valence-electron chi connectivity index (χ0n) is 14.8. The third kappa shape index (κ3) is 5.42. The predicted molar refractivity (Wildman–Crippen MR) is 95.9 cm³/mol. The molecule has 7 nitrogen and oxygen atoms in total. The standard InChI is InChI=1S/C17H26N2O5S/c1-4-23-13(20)8-11-6-12(7-11)18-17(22)19-15-14(10(3)9-25-15)16(21)24-5-2/h9,11-13,20H,4-8H2,1-3H3,(H2,18,19,22). The molecule has 0 spiro atoms. The first-order chi connectivity index (χ1) is 11.9. The van der Waals surface area contributed by atoms with Gasteiger partial charge in [0.15, 0.2) is 6.29 Å². The highest BCUT2D eigenvalue weighted by Crippen LogP contribution is 2.32. The van der Waals surface area contributed by atoms with Crippen molar-refractivity contribution in [2.75, 3.05) is 18.5 Å². The quantitative estimate of drug-likeness (QED) is 0.483. The summed E-state index contributed by atoms with van der Waals surface area (Å²) in [5.41, 5.74) is 1.20. The van der Waals surface area contributed by atoms with Gasteiger partial charge in [0.05, 0.1) is 12.2 Å². The topological polar surface area (TPSA) is 96.9 Å². The van der Waals surface area contributed by atoms with Crippen molar-refractivity contribution in [3.63, 3.8) is 0 Å². The summed E-state index contributed by atoms with van der Waals surface area (Å²) in [5, 5.41) is 17.6. The van der Waals surface area contributed by atoms with Crippen LogP contribution in [0.2, 0.25) is 0 Å². The van der Waals surface area contributed by atoms with Crippen LogP contribution in [0.1, 0.15) is 49.0 Å². The lowest BCUT2D eigenvalue weighted by molar-refractivity contribution is -0.113. The first-order valence-corrected chi connectivity index (χ1v) is 9.44. The molecule has 140 valence electrons. The number of nitrogens with one attached hydrogen (secondary N) is 2. The number of ether oxygens (including phenoxy) is 2. The molecule has 1 aromatic rings. The number of hydrogen-bond acceptors (Lipinski definition) is 6. The molecule has 1 unspecified atom stereocenters. The summed E-state index contributed by atoms with van der Waals surface area (Å²) in [6, 6.07) is -0.257. The second-order valence-electron chi connectivity index (χ2n) is 6.12. The van der Waals surface area contributed by atoms with Crippen LogP contribution in [0.4, 0.5) is 9.80 Å². The molecule has 0 saturated heterocycles. The molecule has 1 saturated carbocycles. The summed E-state index contributed by atoms with van der Waals surface area (Å²) < 4.78 is 10.1. The normalized spacial score (nSPS) is 20.5. The van der Waals surface area contributed by atoms with Gasteiger partial charge >= 0.3 is 12.0 Å². The Morgan fingerprint density at radius 3 is 2.72 bits per heavy atom. The average molecular weight is 370 g/mol. The Labute approximate surface area is 151 Å². The number of carbonyl (C=O) groups is 2. The van der Waals surface area contributed by atoms with Gasteiger partial charge in [-0.3, -0.25) is 5.32 Å². The van der Waals surface area contributed by atoms with E-state index in [2.05, 4.69) is 10.6 Å². The third-order valence-corrected chi connectivity index (χ3v) is 5.16. The monoisotopic (exact) mass is 370 g/mol. The largest absolute Gasteiger partial charge is 0.462 e. The maximum Gasteiger partial charge on any atom is 0.341 e. The van der Waals surface area contributed by atoms with Crippen molar-refractivity contribution in [3.8, 4) is 0 Å². The van der Waals surface area contributed by atoms with Crippen LogP contribution >= 0.6 is 11.3 Å². The Morgan fingerprint density at radius 1 is 1.36 bits per heavy atom. The maximum absolute atomic E-state index is 12.1. The molecule has 1 atom stereocenters. The van der Waals surface area contributed by atoms with E-state index in [-0.39, 0.29) is 18.7 Å². The highest BCUT2D eigenvalue weighted by atomic mass is 32.1. The second kappa shape index (κ2) is 9.17. The summed E-state index contributed by atoms with van der Waals surface area (Å²) in [6.07, 6.45) is 1.48. The predicted octanol–water partition coefficient (Wildman–Crippen LogP) is 2.88. The van der Waals surface area contributed by atoms with Crippen molar-refractivity contribution in [1.29, 1.82) is 0 Å². The summed E-state index contributed by atoms with van der Waals surface area (Å²) in [6.45, 7) is 6.17. The molecule has 3 N–H and O–H groups in total. The number of hydrogen-bond donors (Lipinski definition) is 3. The van der Waals surface area contributed by atoms with Crippen LogP contribution in [0.15, 0.2) is 5.38 Å². The van der Waals surface area contributed by atoms with Gasteiger partial charge < -0.3 is 19.9 Å². The third-order valence-electron chi connectivity index (χ3n) is 4.15. The summed E-state index contributed by atoms with van der Waals surface area (Å²) in [4.78, 5) is 24.1. The van der Waals surface area contributed by atoms with E-state index in [0.717, 1.165) is 18.4 Å². The molecule has 1 aliphatic rings. The molecule has 1 aliphatic carbocycles. The smallest absolute Gasteiger partial charge is 0.341 e. The first-order valence-electron chi connectivity index (χ1n) is 8.56. The minimum absolute atomic E-state index is 0.0749. The highest BCUT2D eigenvalue weighted by Gasteiger charge is 2.32. The minimum Gasteiger partial charge on any atom is -0.462 e. The summed E-state index contributed by atoms with van der Waals surface area (Å²) in [5.74, 6) is -0.0731. The van der Waals surface area contributed by atoms with E-state index in [0.29, 0.717) is 29.5 Å². The molecule has 1 aromatic heterocycles. The molecule has 2 rings (SSSR count). The Hall–Kier alpha value is -1.64. The number of esters is 1. The number of anilines is 1. The van der Waals surface area contributed by atoms with Crippen LogP contribution in [0, 0.1) is 12.8 Å². The van der Waals surface area contributed by atoms with E-state index in [1.54, 1.807) is 6.92 Å². The Balaban J connectivity index is 1.80. The lowest BCUT2D eigenvalue weighted by Crippen LogP contribution is -2.46. The first kappa shape index (κ1) is 19.7. The molecular formula is C17H26N2O5S. The molecule has 25 heavy (non-hydrogen) atoms. The van der Waals surface area contributed by atoms with Crippen LogP contribution in [0.25, 0.3) is 0 Å². The fourth-order valence-corrected chi connectivity index (χ4v) is 3.84. The molecule has 8 heteroatoms. The molecule has 0 aromatic carbocycles. The van der Waals surface area contributed by atoms with Crippen molar-refractivity contribution in [1.82, 2.24) is 5.32 Å². The molecule has 0 radical (unpaired) electrons. The van der Waals surface area contributed by atoms with Gasteiger partial charge in [0, 0.05) is 19.1 Å². The Bertz CT molecular complexity index is 598. The van der Waals surface area contributed by atoms with E-state index in [9.17, 15) is 14.7 Å². The minimum atomic E-state index is -0.731. The molecule has 1 fully saturated rings. The van der Waals surface area contributed by atoms with Crippen molar-refractivity contribution >= 4 is 28.3 Å². The number of amides is 2. The lowest BCUT2D eigenvalue weighted by atomic mass is 9.78. The van der Waals surface area contributed by atoms with E-state index in [4.69, 9.17) is 9.47 Å². The van der Waals surface area contributed by atoms with E-state index in [1.165, 1.54) is 11.3 Å². The van der Waals surface area contributed by atoms with E-state index < -0.39 is 12.3 Å². The maximum atomic E-state index is 12.1. The average Bonchev–Trinajstić information content (AvgIpc) is 2.86. The Kier molecular flexibility index (Phi) is 7.22. The van der Waals surface area contributed by atoms with Crippen molar-refractivity contribution in [2.45, 2.75) is 52.4 Å². The van der Waals surface area contributed by atoms with Gasteiger partial charge in [0.2, 0.25) is 0 Å². The van der Waals surface area contributed by atoms with E-state index in [1.807, 2.05) is 19.2 Å². The zero-order chi connectivity index (χ0) is 18.4. The Morgan fingerprint density at radius 2 is 2.08 bits per heavy atom. The molecular weight excluding hydrogens is 344 g/mol. The highest BCUT2D eigenvalue weighted by molar-refractivity contribution is 7.15. The molecule has 1 heterocycles. The van der Waals surface area contributed by atoms with Gasteiger partial charge in [0.25, 0.3) is 0 Å². The fourth-order valence-electron chi connectivity index (χ4n) is 2.91. The van der Waals surface area contributed by atoms with Crippen LogP contribution < -0.4 is 10.6 Å². The summed E-state index contributed by atoms with van der Waals surface area (Å²) in [7, 11) is 0. The van der Waals surface area contributed by atoms with Crippen LogP contribution in [-0.4, -0.2) is 42.7 Å². The second-order valence-corrected chi connectivity index (χ2v) is 7.00. The molecule has 0 bridgehead atoms. The zero-order valence-corrected chi connectivity index (χ0v) is 15.6. The molecule has 0 aliphatic heterocycles. The van der Waals surface area contributed by atoms with Crippen LogP contribution in [0.5, 0.6) is 0 Å². The van der Waals surface area contributed by atoms with E-state index >= 15 is 0 Å². The van der Waals surface area contributed by atoms with Gasteiger partial charge in [-0.05, 0) is 50.5 Å². The number of aliphatic hydroxyl groups is 1. The number of thiophene rings is 1. The number of urea groups is 1. The van der Waals surface area contributed by atoms with Gasteiger partial charge in [-0.25, -0.2) is 9.59 Å². The van der Waals surface area contributed by atoms with Gasteiger partial charge in [-0.2, -0.15) is 0 Å². The van der Waals surface area contributed by atoms with Crippen molar-refractivity contribution in [2.24, 2.45) is 5.92 Å². The SMILES string of the molecule is CCOC(=O)c1c(C)csc1NC(=O)NC1CC(CC(O)OCC)C1. The fraction of sp³-hybridized carbons (Fsp3) is 0.647.